The zero-order valence-corrected chi connectivity index (χ0v) is 16.9. The molecule has 0 aliphatic carbocycles. The second-order valence-corrected chi connectivity index (χ2v) is 7.95. The van der Waals surface area contributed by atoms with Crippen LogP contribution in [0.3, 0.4) is 0 Å². The summed E-state index contributed by atoms with van der Waals surface area (Å²) in [6.07, 6.45) is 3.72. The van der Waals surface area contributed by atoms with Crippen LogP contribution in [0.25, 0.3) is 0 Å². The molecule has 30 heavy (non-hydrogen) atoms. The Kier molecular flexibility index (Phi) is 6.12. The van der Waals surface area contributed by atoms with E-state index in [-0.39, 0.29) is 12.5 Å². The van der Waals surface area contributed by atoms with Gasteiger partial charge < -0.3 is 14.8 Å². The number of nitrogens with zero attached hydrogens (tertiary/aromatic N) is 3. The Hall–Kier alpha value is -2.36. The second kappa shape index (κ2) is 8.79. The highest BCUT2D eigenvalue weighted by atomic mass is 19.1. The van der Waals surface area contributed by atoms with Gasteiger partial charge in [0.05, 0.1) is 19.4 Å². The summed E-state index contributed by atoms with van der Waals surface area (Å²) in [4.78, 5) is 14.8. The van der Waals surface area contributed by atoms with Crippen molar-refractivity contribution in [3.05, 3.63) is 53.4 Å². The first-order chi connectivity index (χ1) is 14.4. The first-order valence-electron chi connectivity index (χ1n) is 10.2. The quantitative estimate of drug-likeness (QED) is 0.773. The van der Waals surface area contributed by atoms with Gasteiger partial charge >= 0.3 is 0 Å². The van der Waals surface area contributed by atoms with Gasteiger partial charge in [-0.3, -0.25) is 14.4 Å². The molecule has 1 spiro atoms. The van der Waals surface area contributed by atoms with Crippen molar-refractivity contribution in [2.24, 2.45) is 0 Å². The number of carbonyl (C=O) groups excluding carboxylic acids is 1. The highest BCUT2D eigenvalue weighted by molar-refractivity contribution is 5.81. The predicted molar refractivity (Wildman–Crippen MR) is 104 cm³/mol. The number of ether oxygens (including phenoxy) is 2. The lowest BCUT2D eigenvalue weighted by Gasteiger charge is -2.39. The molecule has 2 aliphatic heterocycles. The number of amides is 1. The summed E-state index contributed by atoms with van der Waals surface area (Å²) in [5.41, 5.74) is 0.983. The zero-order chi connectivity index (χ0) is 21.1. The van der Waals surface area contributed by atoms with Crippen LogP contribution in [-0.2, 0) is 33.9 Å². The maximum absolute atomic E-state index is 13.3. The molecule has 2 saturated heterocycles. The third-order valence-electron chi connectivity index (χ3n) is 5.53. The molecule has 2 aliphatic rings. The van der Waals surface area contributed by atoms with Gasteiger partial charge in [0.1, 0.15) is 23.3 Å². The molecule has 0 unspecified atom stereocenters. The summed E-state index contributed by atoms with van der Waals surface area (Å²) in [7, 11) is 0. The molecule has 2 fully saturated rings. The van der Waals surface area contributed by atoms with Crippen LogP contribution in [0, 0.1) is 11.6 Å². The Morgan fingerprint density at radius 2 is 2.10 bits per heavy atom. The summed E-state index contributed by atoms with van der Waals surface area (Å²) in [6.45, 7) is 6.07. The number of carbonyl (C=O) groups is 1. The Bertz CT molecular complexity index is 886. The number of nitrogens with one attached hydrogen (secondary N) is 1. The average molecular weight is 420 g/mol. The van der Waals surface area contributed by atoms with Crippen LogP contribution >= 0.6 is 0 Å². The van der Waals surface area contributed by atoms with E-state index in [0.29, 0.717) is 31.7 Å². The first kappa shape index (κ1) is 20.9. The van der Waals surface area contributed by atoms with Crippen molar-refractivity contribution in [1.29, 1.82) is 0 Å². The number of aromatic nitrogens is 2. The molecule has 0 saturated carbocycles. The molecule has 4 rings (SSSR count). The van der Waals surface area contributed by atoms with E-state index in [1.54, 1.807) is 0 Å². The van der Waals surface area contributed by atoms with Crippen molar-refractivity contribution in [2.75, 3.05) is 26.3 Å². The van der Waals surface area contributed by atoms with Crippen molar-refractivity contribution >= 4 is 5.91 Å². The Balaban J connectivity index is 1.31. The van der Waals surface area contributed by atoms with Crippen molar-refractivity contribution in [3.63, 3.8) is 0 Å². The van der Waals surface area contributed by atoms with Crippen molar-refractivity contribution in [1.82, 2.24) is 20.0 Å². The fourth-order valence-corrected chi connectivity index (χ4v) is 4.08. The van der Waals surface area contributed by atoms with Gasteiger partial charge in [-0.15, -0.1) is 0 Å². The molecule has 3 heterocycles. The zero-order valence-electron chi connectivity index (χ0n) is 16.9. The number of morpholine rings is 1. The predicted octanol–water partition coefficient (Wildman–Crippen LogP) is 1.86. The van der Waals surface area contributed by atoms with Gasteiger partial charge in [-0.05, 0) is 24.6 Å². The van der Waals surface area contributed by atoms with Crippen LogP contribution in [0.15, 0.2) is 30.6 Å². The van der Waals surface area contributed by atoms with Gasteiger partial charge in [-0.2, -0.15) is 5.10 Å². The van der Waals surface area contributed by atoms with Crippen LogP contribution in [0.1, 0.15) is 24.5 Å². The lowest BCUT2D eigenvalue weighted by Crippen LogP contribution is -2.52. The van der Waals surface area contributed by atoms with Crippen LogP contribution in [0.2, 0.25) is 0 Å². The van der Waals surface area contributed by atoms with Crippen LogP contribution in [0.5, 0.6) is 0 Å². The maximum Gasteiger partial charge on any atom is 0.249 e. The van der Waals surface area contributed by atoms with Gasteiger partial charge in [0.15, 0.2) is 0 Å². The van der Waals surface area contributed by atoms with E-state index in [1.165, 1.54) is 12.1 Å². The SMILES string of the molecule is CCn1cc(CN2CCO[C@@]3(CO[C@@H](C(=O)NCc4cc(F)cc(F)c4)C3)C2)cn1. The summed E-state index contributed by atoms with van der Waals surface area (Å²) < 4.78 is 40.3. The molecule has 2 aromatic rings. The van der Waals surface area contributed by atoms with E-state index < -0.39 is 23.3 Å². The van der Waals surface area contributed by atoms with Gasteiger partial charge in [0.25, 0.3) is 0 Å². The summed E-state index contributed by atoms with van der Waals surface area (Å²) >= 11 is 0. The van der Waals surface area contributed by atoms with Crippen molar-refractivity contribution in [2.45, 2.75) is 44.7 Å². The number of aryl methyl sites for hydroxylation is 1. The Morgan fingerprint density at radius 3 is 2.83 bits per heavy atom. The van der Waals surface area contributed by atoms with Crippen LogP contribution < -0.4 is 5.32 Å². The van der Waals surface area contributed by atoms with Gasteiger partial charge in [0, 0.05) is 57.0 Å². The van der Waals surface area contributed by atoms with E-state index in [2.05, 4.69) is 15.3 Å². The fraction of sp³-hybridized carbons (Fsp3) is 0.524. The molecule has 0 bridgehead atoms. The minimum atomic E-state index is -0.671. The molecule has 2 atom stereocenters. The lowest BCUT2D eigenvalue weighted by atomic mass is 9.97. The second-order valence-electron chi connectivity index (χ2n) is 7.95. The number of benzene rings is 1. The number of hydrogen-bond acceptors (Lipinski definition) is 5. The molecule has 1 N–H and O–H groups in total. The van der Waals surface area contributed by atoms with Crippen molar-refractivity contribution in [3.8, 4) is 0 Å². The van der Waals surface area contributed by atoms with Gasteiger partial charge in [-0.25, -0.2) is 8.78 Å². The highest BCUT2D eigenvalue weighted by Crippen LogP contribution is 2.32. The molecule has 1 aromatic heterocycles. The third kappa shape index (κ3) is 4.85. The van der Waals surface area contributed by atoms with Crippen molar-refractivity contribution < 1.29 is 23.0 Å². The number of rotatable bonds is 6. The largest absolute Gasteiger partial charge is 0.370 e. The fourth-order valence-electron chi connectivity index (χ4n) is 4.08. The minimum Gasteiger partial charge on any atom is -0.370 e. The molecular formula is C21H26F2N4O3. The molecule has 1 aromatic carbocycles. The Morgan fingerprint density at radius 1 is 1.30 bits per heavy atom. The normalized spacial score (nSPS) is 24.4. The topological polar surface area (TPSA) is 68.6 Å². The standard InChI is InChI=1S/C21H26F2N4O3/c1-2-27-12-16(10-25-27)11-26-3-4-30-21(13-26)8-19(29-14-21)20(28)24-9-15-5-17(22)7-18(23)6-15/h5-7,10,12,19H,2-4,8-9,11,13-14H2,1H3,(H,24,28)/t19-,21-/m1/s1. The van der Waals surface area contributed by atoms with Crippen LogP contribution in [-0.4, -0.2) is 58.6 Å². The molecular weight excluding hydrogens is 394 g/mol. The minimum absolute atomic E-state index is 0.0365. The molecule has 162 valence electrons. The summed E-state index contributed by atoms with van der Waals surface area (Å²) in [5, 5.41) is 7.02. The lowest BCUT2D eigenvalue weighted by molar-refractivity contribution is -0.130. The molecule has 9 heteroatoms. The van der Waals surface area contributed by atoms with E-state index in [0.717, 1.165) is 31.3 Å². The third-order valence-corrected chi connectivity index (χ3v) is 5.53. The average Bonchev–Trinajstić information content (AvgIpc) is 3.33. The van der Waals surface area contributed by atoms with E-state index >= 15 is 0 Å². The molecule has 0 radical (unpaired) electrons. The molecule has 1 amide bonds. The van der Waals surface area contributed by atoms with Crippen LogP contribution in [0.4, 0.5) is 8.78 Å². The summed E-state index contributed by atoms with van der Waals surface area (Å²) in [6, 6.07) is 3.20. The van der Waals surface area contributed by atoms with E-state index in [1.807, 2.05) is 24.0 Å². The first-order valence-corrected chi connectivity index (χ1v) is 10.2. The number of hydrogen-bond donors (Lipinski definition) is 1. The maximum atomic E-state index is 13.3. The monoisotopic (exact) mass is 420 g/mol. The smallest absolute Gasteiger partial charge is 0.249 e. The molecule has 7 nitrogen and oxygen atoms in total. The van der Waals surface area contributed by atoms with Gasteiger partial charge in [0.2, 0.25) is 5.91 Å². The van der Waals surface area contributed by atoms with Gasteiger partial charge in [-0.1, -0.05) is 0 Å². The Labute approximate surface area is 173 Å². The van der Waals surface area contributed by atoms with E-state index in [4.69, 9.17) is 9.47 Å². The summed E-state index contributed by atoms with van der Waals surface area (Å²) in [5.74, 6) is -1.65. The van der Waals surface area contributed by atoms with E-state index in [9.17, 15) is 13.6 Å². The highest BCUT2D eigenvalue weighted by Gasteiger charge is 2.46. The number of halogens is 2.